The van der Waals surface area contributed by atoms with E-state index in [2.05, 4.69) is 6.58 Å². The fourth-order valence-electron chi connectivity index (χ4n) is 5.03. The molecule has 0 aromatic rings. The van der Waals surface area contributed by atoms with E-state index >= 15 is 0 Å². The topological polar surface area (TPSA) is 35.5 Å². The third-order valence-electron chi connectivity index (χ3n) is 6.04. The lowest BCUT2D eigenvalue weighted by Crippen LogP contribution is -2.56. The Bertz CT molecular complexity index is 370. The van der Waals surface area contributed by atoms with Crippen molar-refractivity contribution in [1.82, 2.24) is 0 Å². The van der Waals surface area contributed by atoms with Gasteiger partial charge in [-0.1, -0.05) is 32.3 Å². The largest absolute Gasteiger partial charge is 0.452 e. The number of rotatable bonds is 5. The number of ether oxygens (including phenoxy) is 2. The summed E-state index contributed by atoms with van der Waals surface area (Å²) in [5, 5.41) is 0. The number of hydrogen-bond donors (Lipinski definition) is 0. The summed E-state index contributed by atoms with van der Waals surface area (Å²) in [5.74, 6) is 0.735. The molecule has 3 nitrogen and oxygen atoms in total. The summed E-state index contributed by atoms with van der Waals surface area (Å²) in [5.41, 5.74) is 0.123. The molecule has 0 bridgehead atoms. The van der Waals surface area contributed by atoms with Crippen molar-refractivity contribution in [2.45, 2.75) is 82.8 Å². The van der Waals surface area contributed by atoms with Crippen molar-refractivity contribution >= 4 is 5.97 Å². The molecule has 2 saturated carbocycles. The third-order valence-corrected chi connectivity index (χ3v) is 6.04. The van der Waals surface area contributed by atoms with E-state index in [-0.39, 0.29) is 17.7 Å². The van der Waals surface area contributed by atoms with Gasteiger partial charge in [-0.2, -0.15) is 0 Å². The summed E-state index contributed by atoms with van der Waals surface area (Å²) in [6.45, 7) is 6.38. The first-order valence-corrected chi connectivity index (χ1v) is 9.15. The van der Waals surface area contributed by atoms with E-state index in [1.54, 1.807) is 6.92 Å². The Morgan fingerprint density at radius 3 is 1.95 bits per heavy atom. The van der Waals surface area contributed by atoms with Crippen molar-refractivity contribution in [3.63, 3.8) is 0 Å². The van der Waals surface area contributed by atoms with Crippen molar-refractivity contribution < 1.29 is 14.3 Å². The van der Waals surface area contributed by atoms with E-state index in [9.17, 15) is 4.79 Å². The van der Waals surface area contributed by atoms with E-state index in [0.717, 1.165) is 19.4 Å². The monoisotopic (exact) mass is 306 g/mol. The summed E-state index contributed by atoms with van der Waals surface area (Å²) in [4.78, 5) is 12.5. The smallest absolute Gasteiger partial charge is 0.333 e. The second kappa shape index (κ2) is 6.74. The quantitative estimate of drug-likeness (QED) is 0.558. The van der Waals surface area contributed by atoms with Crippen LogP contribution in [0, 0.1) is 11.8 Å². The van der Waals surface area contributed by atoms with Crippen LogP contribution in [-0.4, -0.2) is 24.3 Å². The molecule has 3 heteroatoms. The molecule has 1 atom stereocenters. The molecule has 1 unspecified atom stereocenters. The van der Waals surface area contributed by atoms with E-state index in [1.165, 1.54) is 51.4 Å². The molecule has 0 aromatic heterocycles. The predicted molar refractivity (Wildman–Crippen MR) is 86.5 cm³/mol. The van der Waals surface area contributed by atoms with Crippen LogP contribution in [0.5, 0.6) is 0 Å². The Hall–Kier alpha value is -0.830. The molecule has 3 aliphatic rings. The fraction of sp³-hybridized carbons (Fsp3) is 0.842. The van der Waals surface area contributed by atoms with Gasteiger partial charge in [-0.3, -0.25) is 0 Å². The highest BCUT2D eigenvalue weighted by atomic mass is 16.6. The summed E-state index contributed by atoms with van der Waals surface area (Å²) in [7, 11) is 0. The van der Waals surface area contributed by atoms with Crippen molar-refractivity contribution in [1.29, 1.82) is 0 Å². The molecule has 3 rings (SSSR count). The number of carbonyl (C=O) groups is 1. The van der Waals surface area contributed by atoms with E-state index in [1.807, 2.05) is 0 Å². The van der Waals surface area contributed by atoms with E-state index in [4.69, 9.17) is 9.47 Å². The Morgan fingerprint density at radius 2 is 1.55 bits per heavy atom. The van der Waals surface area contributed by atoms with Gasteiger partial charge in [0.2, 0.25) is 0 Å². The van der Waals surface area contributed by atoms with Crippen LogP contribution < -0.4 is 0 Å². The first-order chi connectivity index (χ1) is 10.6. The molecule has 124 valence electrons. The molecule has 0 radical (unpaired) electrons. The van der Waals surface area contributed by atoms with Gasteiger partial charge in [0, 0.05) is 24.0 Å². The van der Waals surface area contributed by atoms with Gasteiger partial charge < -0.3 is 9.47 Å². The van der Waals surface area contributed by atoms with Crippen molar-refractivity contribution in [2.75, 3.05) is 6.61 Å². The second-order valence-electron chi connectivity index (χ2n) is 7.49. The Morgan fingerprint density at radius 1 is 1.00 bits per heavy atom. The molecule has 0 N–H and O–H groups in total. The highest BCUT2D eigenvalue weighted by Gasteiger charge is 2.56. The van der Waals surface area contributed by atoms with E-state index in [0.29, 0.717) is 17.4 Å². The van der Waals surface area contributed by atoms with Crippen LogP contribution in [0.4, 0.5) is 0 Å². The van der Waals surface area contributed by atoms with Gasteiger partial charge in [-0.25, -0.2) is 4.79 Å². The molecule has 0 amide bonds. The van der Waals surface area contributed by atoms with E-state index < -0.39 is 0 Å². The standard InChI is InChI=1S/C19H30O3/c1-14(2)18(20)22-19(15-8-3-4-9-15,16-10-5-6-11-16)17-12-7-13-21-17/h15-17H,1,3-13H2,2H3. The van der Waals surface area contributed by atoms with Crippen molar-refractivity contribution in [3.05, 3.63) is 12.2 Å². The zero-order chi connectivity index (χ0) is 15.6. The number of carbonyl (C=O) groups excluding carboxylic acids is 1. The van der Waals surface area contributed by atoms with Crippen LogP contribution in [0.25, 0.3) is 0 Å². The maximum absolute atomic E-state index is 12.5. The lowest BCUT2D eigenvalue weighted by molar-refractivity contribution is -0.198. The predicted octanol–water partition coefficient (Wildman–Crippen LogP) is 4.40. The first-order valence-electron chi connectivity index (χ1n) is 9.15. The first kappa shape index (κ1) is 16.0. The molecule has 1 heterocycles. The van der Waals surface area contributed by atoms with Crippen LogP contribution in [0.3, 0.4) is 0 Å². The Balaban J connectivity index is 1.95. The lowest BCUT2D eigenvalue weighted by Gasteiger charge is -2.47. The van der Waals surface area contributed by atoms with Crippen LogP contribution in [0.1, 0.15) is 71.1 Å². The molecular formula is C19H30O3. The van der Waals surface area contributed by atoms with Crippen LogP contribution in [-0.2, 0) is 14.3 Å². The maximum Gasteiger partial charge on any atom is 0.333 e. The number of esters is 1. The number of hydrogen-bond acceptors (Lipinski definition) is 3. The molecule has 0 spiro atoms. The zero-order valence-electron chi connectivity index (χ0n) is 13.9. The highest BCUT2D eigenvalue weighted by molar-refractivity contribution is 5.87. The third kappa shape index (κ3) is 2.84. The van der Waals surface area contributed by atoms with Crippen molar-refractivity contribution in [3.8, 4) is 0 Å². The van der Waals surface area contributed by atoms with Crippen LogP contribution in [0.15, 0.2) is 12.2 Å². The Labute approximate surface area is 134 Å². The minimum Gasteiger partial charge on any atom is -0.452 e. The van der Waals surface area contributed by atoms with Crippen LogP contribution in [0.2, 0.25) is 0 Å². The van der Waals surface area contributed by atoms with Gasteiger partial charge in [-0.05, 0) is 45.4 Å². The summed E-state index contributed by atoms with van der Waals surface area (Å²) in [6.07, 6.45) is 12.0. The lowest BCUT2D eigenvalue weighted by atomic mass is 9.70. The van der Waals surface area contributed by atoms with Gasteiger partial charge in [-0.15, -0.1) is 0 Å². The average Bonchev–Trinajstić information content (AvgIpc) is 3.28. The summed E-state index contributed by atoms with van der Waals surface area (Å²) in [6, 6.07) is 0. The second-order valence-corrected chi connectivity index (χ2v) is 7.49. The Kier molecular flexibility index (Phi) is 4.91. The fourth-order valence-corrected chi connectivity index (χ4v) is 5.03. The van der Waals surface area contributed by atoms with Gasteiger partial charge in [0.15, 0.2) is 0 Å². The minimum atomic E-state index is -0.389. The molecule has 2 aliphatic carbocycles. The SMILES string of the molecule is C=C(C)C(=O)OC(C1CCCC1)(C1CCCC1)C1CCCO1. The summed E-state index contributed by atoms with van der Waals surface area (Å²) >= 11 is 0. The zero-order valence-corrected chi connectivity index (χ0v) is 13.9. The molecule has 1 saturated heterocycles. The molecule has 3 fully saturated rings. The van der Waals surface area contributed by atoms with Gasteiger partial charge in [0.1, 0.15) is 5.60 Å². The molecule has 0 aromatic carbocycles. The molecular weight excluding hydrogens is 276 g/mol. The average molecular weight is 306 g/mol. The molecule has 22 heavy (non-hydrogen) atoms. The van der Waals surface area contributed by atoms with Crippen molar-refractivity contribution in [2.24, 2.45) is 11.8 Å². The normalized spacial score (nSPS) is 27.4. The van der Waals surface area contributed by atoms with Gasteiger partial charge >= 0.3 is 5.97 Å². The maximum atomic E-state index is 12.5. The van der Waals surface area contributed by atoms with Gasteiger partial charge in [0.25, 0.3) is 0 Å². The van der Waals surface area contributed by atoms with Crippen LogP contribution >= 0.6 is 0 Å². The highest BCUT2D eigenvalue weighted by Crippen LogP contribution is 2.51. The van der Waals surface area contributed by atoms with Gasteiger partial charge in [0.05, 0.1) is 6.10 Å². The molecule has 1 aliphatic heterocycles. The summed E-state index contributed by atoms with van der Waals surface area (Å²) < 4.78 is 12.4. The minimum absolute atomic E-state index is 0.0991.